The average Bonchev–Trinajstić information content (AvgIpc) is 3.18. The summed E-state index contributed by atoms with van der Waals surface area (Å²) in [5.74, 6) is 0.193. The second kappa shape index (κ2) is 6.60. The van der Waals surface area contributed by atoms with Crippen molar-refractivity contribution in [3.63, 3.8) is 0 Å². The van der Waals surface area contributed by atoms with E-state index in [4.69, 9.17) is 4.74 Å². The number of rotatable bonds is 5. The zero-order valence-electron chi connectivity index (χ0n) is 14.2. The van der Waals surface area contributed by atoms with Gasteiger partial charge in [-0.2, -0.15) is 0 Å². The normalized spacial score (nSPS) is 25.2. The summed E-state index contributed by atoms with van der Waals surface area (Å²) in [5.41, 5.74) is 2.06. The number of carbonyl (C=O) groups is 3. The third-order valence-electron chi connectivity index (χ3n) is 5.25. The van der Waals surface area contributed by atoms with Crippen molar-refractivity contribution in [2.24, 2.45) is 5.92 Å². The van der Waals surface area contributed by atoms with Crippen LogP contribution in [0.1, 0.15) is 30.0 Å². The molecule has 1 aliphatic carbocycles. The van der Waals surface area contributed by atoms with E-state index in [-0.39, 0.29) is 31.2 Å². The van der Waals surface area contributed by atoms with E-state index in [1.54, 1.807) is 0 Å². The van der Waals surface area contributed by atoms with E-state index < -0.39 is 17.8 Å². The lowest BCUT2D eigenvalue weighted by Gasteiger charge is -2.38. The van der Waals surface area contributed by atoms with Gasteiger partial charge in [-0.3, -0.25) is 14.5 Å². The number of hydrogen-bond donors (Lipinski definition) is 3. The molecular weight excluding hydrogens is 338 g/mol. The molecule has 0 radical (unpaired) electrons. The molecular formula is C18H21N3O5. The molecule has 8 heteroatoms. The molecule has 4 amide bonds. The minimum atomic E-state index is -0.546. The summed E-state index contributed by atoms with van der Waals surface area (Å²) < 4.78 is 5.53. The third-order valence-corrected chi connectivity index (χ3v) is 5.25. The van der Waals surface area contributed by atoms with E-state index in [0.29, 0.717) is 19.4 Å². The molecule has 2 aliphatic heterocycles. The lowest BCUT2D eigenvalue weighted by atomic mass is 9.75. The molecule has 3 N–H and O–H groups in total. The van der Waals surface area contributed by atoms with Crippen LogP contribution < -0.4 is 15.4 Å². The first-order valence-corrected chi connectivity index (χ1v) is 8.82. The lowest BCUT2D eigenvalue weighted by Crippen LogP contribution is -2.46. The summed E-state index contributed by atoms with van der Waals surface area (Å²) in [5, 5.41) is 15.0. The van der Waals surface area contributed by atoms with Crippen molar-refractivity contribution in [2.45, 2.75) is 31.4 Å². The van der Waals surface area contributed by atoms with Gasteiger partial charge in [0, 0.05) is 6.42 Å². The molecule has 138 valence electrons. The molecule has 1 saturated heterocycles. The van der Waals surface area contributed by atoms with E-state index in [1.165, 1.54) is 0 Å². The van der Waals surface area contributed by atoms with E-state index in [9.17, 15) is 19.5 Å². The highest BCUT2D eigenvalue weighted by atomic mass is 16.5. The molecule has 2 fully saturated rings. The number of benzene rings is 1. The fourth-order valence-electron chi connectivity index (χ4n) is 3.75. The van der Waals surface area contributed by atoms with E-state index in [2.05, 4.69) is 10.6 Å². The number of nitrogens with one attached hydrogen (secondary N) is 2. The second-order valence-corrected chi connectivity index (χ2v) is 7.03. The van der Waals surface area contributed by atoms with Gasteiger partial charge in [0.1, 0.15) is 12.3 Å². The Morgan fingerprint density at radius 1 is 1.38 bits per heavy atom. The minimum absolute atomic E-state index is 0.0742. The minimum Gasteiger partial charge on any atom is -0.493 e. The number of aliphatic hydroxyl groups excluding tert-OH is 1. The van der Waals surface area contributed by atoms with Crippen LogP contribution in [-0.2, 0) is 16.0 Å². The molecule has 1 saturated carbocycles. The van der Waals surface area contributed by atoms with Crippen LogP contribution in [0.15, 0.2) is 18.2 Å². The number of hydrogen-bond acceptors (Lipinski definition) is 5. The van der Waals surface area contributed by atoms with Gasteiger partial charge >= 0.3 is 6.03 Å². The standard InChI is InChI=1S/C18H21N3O5/c22-13-6-12(7-13)17(11-1-2-14-10(5-11)3-4-26-14)20-15(23)9-21-16(24)8-19-18(21)25/h1-2,5,12-13,17,22H,3-4,6-9H2,(H,19,25)(H,20,23). The maximum absolute atomic E-state index is 12.5. The predicted molar refractivity (Wildman–Crippen MR) is 90.4 cm³/mol. The van der Waals surface area contributed by atoms with Gasteiger partial charge < -0.3 is 20.5 Å². The van der Waals surface area contributed by atoms with E-state index in [1.807, 2.05) is 18.2 Å². The van der Waals surface area contributed by atoms with Crippen LogP contribution in [0, 0.1) is 5.92 Å². The first kappa shape index (κ1) is 16.8. The Hall–Kier alpha value is -2.61. The number of fused-ring (bicyclic) bond motifs is 1. The first-order chi connectivity index (χ1) is 12.5. The number of aliphatic hydroxyl groups is 1. The summed E-state index contributed by atoms with van der Waals surface area (Å²) in [6.07, 6.45) is 1.71. The Balaban J connectivity index is 1.49. The number of ether oxygens (including phenoxy) is 1. The van der Waals surface area contributed by atoms with Crippen LogP contribution in [0.3, 0.4) is 0 Å². The molecule has 1 unspecified atom stereocenters. The molecule has 0 spiro atoms. The molecule has 1 aromatic rings. The third kappa shape index (κ3) is 3.12. The van der Waals surface area contributed by atoms with Gasteiger partial charge in [-0.25, -0.2) is 4.79 Å². The monoisotopic (exact) mass is 359 g/mol. The maximum atomic E-state index is 12.5. The summed E-state index contributed by atoms with van der Waals surface area (Å²) in [4.78, 5) is 36.7. The van der Waals surface area contributed by atoms with E-state index >= 15 is 0 Å². The predicted octanol–water partition coefficient (Wildman–Crippen LogP) is 0.102. The number of nitrogens with zero attached hydrogens (tertiary/aromatic N) is 1. The van der Waals surface area contributed by atoms with Crippen molar-refractivity contribution < 1.29 is 24.2 Å². The van der Waals surface area contributed by atoms with Gasteiger partial charge in [0.25, 0.3) is 5.91 Å². The van der Waals surface area contributed by atoms with Crippen molar-refractivity contribution in [2.75, 3.05) is 19.7 Å². The average molecular weight is 359 g/mol. The highest BCUT2D eigenvalue weighted by molar-refractivity contribution is 6.04. The molecule has 1 atom stereocenters. The molecule has 0 bridgehead atoms. The Labute approximate surface area is 150 Å². The largest absolute Gasteiger partial charge is 0.493 e. The second-order valence-electron chi connectivity index (χ2n) is 7.03. The van der Waals surface area contributed by atoms with Crippen LogP contribution in [0.25, 0.3) is 0 Å². The van der Waals surface area contributed by atoms with Gasteiger partial charge in [-0.15, -0.1) is 0 Å². The Bertz CT molecular complexity index is 743. The van der Waals surface area contributed by atoms with Crippen LogP contribution in [-0.4, -0.2) is 53.7 Å². The molecule has 4 rings (SSSR count). The molecule has 1 aromatic carbocycles. The highest BCUT2D eigenvalue weighted by Crippen LogP contribution is 2.39. The number of carbonyl (C=O) groups excluding carboxylic acids is 3. The highest BCUT2D eigenvalue weighted by Gasteiger charge is 2.37. The quantitative estimate of drug-likeness (QED) is 0.647. The number of urea groups is 1. The van der Waals surface area contributed by atoms with Crippen molar-refractivity contribution in [1.82, 2.24) is 15.5 Å². The van der Waals surface area contributed by atoms with Crippen LogP contribution >= 0.6 is 0 Å². The number of imide groups is 1. The van der Waals surface area contributed by atoms with Crippen LogP contribution in [0.2, 0.25) is 0 Å². The topological polar surface area (TPSA) is 108 Å². The Morgan fingerprint density at radius 2 is 2.19 bits per heavy atom. The van der Waals surface area contributed by atoms with Gasteiger partial charge in [0.05, 0.1) is 25.3 Å². The van der Waals surface area contributed by atoms with Crippen LogP contribution in [0.5, 0.6) is 5.75 Å². The zero-order chi connectivity index (χ0) is 18.3. The van der Waals surface area contributed by atoms with Gasteiger partial charge in [0.15, 0.2) is 0 Å². The summed E-state index contributed by atoms with van der Waals surface area (Å²) in [7, 11) is 0. The Morgan fingerprint density at radius 3 is 2.88 bits per heavy atom. The first-order valence-electron chi connectivity index (χ1n) is 8.82. The molecule has 26 heavy (non-hydrogen) atoms. The fourth-order valence-corrected chi connectivity index (χ4v) is 3.75. The van der Waals surface area contributed by atoms with Crippen LogP contribution in [0.4, 0.5) is 4.79 Å². The summed E-state index contributed by atoms with van der Waals surface area (Å²) in [6.45, 7) is 0.282. The smallest absolute Gasteiger partial charge is 0.325 e. The van der Waals surface area contributed by atoms with Crippen molar-refractivity contribution >= 4 is 17.8 Å². The molecule has 0 aromatic heterocycles. The van der Waals surface area contributed by atoms with Crippen molar-refractivity contribution in [3.05, 3.63) is 29.3 Å². The molecule has 8 nitrogen and oxygen atoms in total. The lowest BCUT2D eigenvalue weighted by molar-refractivity contribution is -0.131. The molecule has 3 aliphatic rings. The van der Waals surface area contributed by atoms with Gasteiger partial charge in [-0.1, -0.05) is 6.07 Å². The maximum Gasteiger partial charge on any atom is 0.325 e. The summed E-state index contributed by atoms with van der Waals surface area (Å²) >= 11 is 0. The van der Waals surface area contributed by atoms with E-state index in [0.717, 1.165) is 28.2 Å². The number of amides is 4. The Kier molecular flexibility index (Phi) is 4.28. The summed E-state index contributed by atoms with van der Waals surface area (Å²) in [6, 6.07) is 5.05. The fraction of sp³-hybridized carbons (Fsp3) is 0.500. The zero-order valence-corrected chi connectivity index (χ0v) is 14.2. The molecule has 2 heterocycles. The van der Waals surface area contributed by atoms with Crippen molar-refractivity contribution in [3.8, 4) is 5.75 Å². The van der Waals surface area contributed by atoms with Gasteiger partial charge in [0.2, 0.25) is 5.91 Å². The van der Waals surface area contributed by atoms with Crippen molar-refractivity contribution in [1.29, 1.82) is 0 Å². The van der Waals surface area contributed by atoms with Gasteiger partial charge in [-0.05, 0) is 42.0 Å². The SMILES string of the molecule is O=C(CN1C(=O)CNC1=O)NC(c1ccc2c(c1)CCO2)C1CC(O)C1.